The van der Waals surface area contributed by atoms with Gasteiger partial charge in [0.1, 0.15) is 16.7 Å². The molecule has 0 aliphatic heterocycles. The zero-order valence-electron chi connectivity index (χ0n) is 23.7. The minimum absolute atomic E-state index is 0.448. The molecule has 0 atom stereocenters. The van der Waals surface area contributed by atoms with Crippen molar-refractivity contribution in [1.29, 1.82) is 0 Å². The molecule has 0 unspecified atom stereocenters. The molecule has 0 nitrogen and oxygen atoms in total. The van der Waals surface area contributed by atoms with E-state index in [9.17, 15) is 8.78 Å². The van der Waals surface area contributed by atoms with Crippen molar-refractivity contribution in [3.63, 3.8) is 0 Å². The summed E-state index contributed by atoms with van der Waals surface area (Å²) in [5.74, 6) is 0.0432. The van der Waals surface area contributed by atoms with Crippen LogP contribution >= 0.6 is 11.6 Å². The number of unbranched alkanes of at least 4 members (excludes halogenated alkanes) is 7. The minimum Gasteiger partial charge on any atom is -0.205 e. The van der Waals surface area contributed by atoms with Crippen molar-refractivity contribution >= 4 is 11.6 Å². The van der Waals surface area contributed by atoms with Gasteiger partial charge in [0, 0.05) is 0 Å². The topological polar surface area (TPSA) is 0 Å². The van der Waals surface area contributed by atoms with Gasteiger partial charge in [-0.1, -0.05) is 112 Å². The third-order valence-corrected chi connectivity index (χ3v) is 9.09. The molecule has 0 N–H and O–H groups in total. The first-order valence-corrected chi connectivity index (χ1v) is 15.7. The Balaban J connectivity index is 1.15. The quantitative estimate of drug-likeness (QED) is 0.138. The summed E-state index contributed by atoms with van der Waals surface area (Å²) < 4.78 is 27.6. The predicted molar refractivity (Wildman–Crippen MR) is 163 cm³/mol. The molecule has 1 aliphatic carbocycles. The van der Waals surface area contributed by atoms with Gasteiger partial charge in [0.2, 0.25) is 0 Å². The van der Waals surface area contributed by atoms with E-state index in [2.05, 4.69) is 43.3 Å². The lowest BCUT2D eigenvalue weighted by atomic mass is 9.76. The maximum Gasteiger partial charge on any atom is 0.145 e. The van der Waals surface area contributed by atoms with Crippen LogP contribution in [-0.2, 0) is 12.8 Å². The fourth-order valence-electron chi connectivity index (χ4n) is 6.16. The van der Waals surface area contributed by atoms with Crippen LogP contribution in [0, 0.1) is 17.6 Å². The van der Waals surface area contributed by atoms with Crippen molar-refractivity contribution in [3.05, 3.63) is 94.0 Å². The highest BCUT2D eigenvalue weighted by Crippen LogP contribution is 2.38. The molecule has 1 fully saturated rings. The van der Waals surface area contributed by atoms with Gasteiger partial charge in [-0.2, -0.15) is 0 Å². The van der Waals surface area contributed by atoms with Crippen molar-refractivity contribution in [2.24, 2.45) is 5.92 Å². The van der Waals surface area contributed by atoms with E-state index in [4.69, 9.17) is 11.6 Å². The maximum atomic E-state index is 13.8. The zero-order valence-corrected chi connectivity index (χ0v) is 24.4. The Morgan fingerprint density at radius 2 is 1.18 bits per heavy atom. The molecule has 0 aromatic heterocycles. The van der Waals surface area contributed by atoms with E-state index < -0.39 is 16.7 Å². The van der Waals surface area contributed by atoms with Crippen LogP contribution in [-0.4, -0.2) is 0 Å². The first kappa shape index (κ1) is 29.8. The standard InChI is InChI=1S/C36H45ClF2/c1-2-3-4-5-6-7-8-9-10-27-13-19-30(20-14-27)31-21-15-28(16-22-31)11-12-29-17-23-32(24-18-29)33-25-34(38)36(37)35(39)26-33/h13-14,17-20,23-26,28,31H,2-12,15-16,21-22H2,1H3/t28-,31-. The van der Waals surface area contributed by atoms with Crippen molar-refractivity contribution < 1.29 is 8.78 Å². The molecular formula is C36H45ClF2. The highest BCUT2D eigenvalue weighted by atomic mass is 35.5. The van der Waals surface area contributed by atoms with Gasteiger partial charge in [-0.15, -0.1) is 0 Å². The van der Waals surface area contributed by atoms with Gasteiger partial charge < -0.3 is 0 Å². The molecule has 3 heteroatoms. The molecule has 0 amide bonds. The molecule has 0 heterocycles. The van der Waals surface area contributed by atoms with Crippen LogP contribution in [0.3, 0.4) is 0 Å². The van der Waals surface area contributed by atoms with E-state index in [1.54, 1.807) is 0 Å². The van der Waals surface area contributed by atoms with Crippen LogP contribution in [0.4, 0.5) is 8.78 Å². The van der Waals surface area contributed by atoms with Crippen LogP contribution in [0.1, 0.15) is 113 Å². The fourth-order valence-corrected chi connectivity index (χ4v) is 6.27. The van der Waals surface area contributed by atoms with Gasteiger partial charge in [-0.05, 0) is 103 Å². The van der Waals surface area contributed by atoms with Gasteiger partial charge >= 0.3 is 0 Å². The van der Waals surface area contributed by atoms with Crippen molar-refractivity contribution in [3.8, 4) is 11.1 Å². The molecule has 3 aromatic carbocycles. The molecule has 0 spiro atoms. The minimum atomic E-state index is -0.721. The smallest absolute Gasteiger partial charge is 0.145 e. The second-order valence-corrected chi connectivity index (χ2v) is 12.1. The number of halogens is 3. The molecule has 1 saturated carbocycles. The van der Waals surface area contributed by atoms with Crippen LogP contribution in [0.2, 0.25) is 5.02 Å². The molecule has 210 valence electrons. The van der Waals surface area contributed by atoms with E-state index >= 15 is 0 Å². The van der Waals surface area contributed by atoms with Gasteiger partial charge in [0.15, 0.2) is 0 Å². The van der Waals surface area contributed by atoms with Crippen LogP contribution in [0.25, 0.3) is 11.1 Å². The lowest BCUT2D eigenvalue weighted by Crippen LogP contribution is -2.14. The van der Waals surface area contributed by atoms with Crippen LogP contribution in [0.5, 0.6) is 0 Å². The largest absolute Gasteiger partial charge is 0.205 e. The number of hydrogen-bond donors (Lipinski definition) is 0. The van der Waals surface area contributed by atoms with E-state index in [1.807, 2.05) is 12.1 Å². The summed E-state index contributed by atoms with van der Waals surface area (Å²) in [5.41, 5.74) is 5.62. The van der Waals surface area contributed by atoms with Crippen LogP contribution in [0.15, 0.2) is 60.7 Å². The lowest BCUT2D eigenvalue weighted by Gasteiger charge is -2.29. The summed E-state index contributed by atoms with van der Waals surface area (Å²) in [6.07, 6.45) is 19.7. The Kier molecular flexibility index (Phi) is 11.9. The first-order chi connectivity index (χ1) is 19.0. The zero-order chi connectivity index (χ0) is 27.5. The van der Waals surface area contributed by atoms with Crippen molar-refractivity contribution in [2.75, 3.05) is 0 Å². The third kappa shape index (κ3) is 9.17. The van der Waals surface area contributed by atoms with Crippen molar-refractivity contribution in [2.45, 2.75) is 109 Å². The highest BCUT2D eigenvalue weighted by molar-refractivity contribution is 6.31. The van der Waals surface area contributed by atoms with E-state index in [0.29, 0.717) is 11.5 Å². The molecule has 0 saturated heterocycles. The first-order valence-electron chi connectivity index (χ1n) is 15.4. The van der Waals surface area contributed by atoms with E-state index in [-0.39, 0.29) is 0 Å². The Morgan fingerprint density at radius 3 is 1.79 bits per heavy atom. The third-order valence-electron chi connectivity index (χ3n) is 8.73. The van der Waals surface area contributed by atoms with Crippen molar-refractivity contribution in [1.82, 2.24) is 0 Å². The molecule has 1 aliphatic rings. The van der Waals surface area contributed by atoms with Crippen LogP contribution < -0.4 is 0 Å². The molecule has 0 bridgehead atoms. The molecular weight excluding hydrogens is 506 g/mol. The summed E-state index contributed by atoms with van der Waals surface area (Å²) >= 11 is 5.62. The molecule has 4 rings (SSSR count). The summed E-state index contributed by atoms with van der Waals surface area (Å²) in [7, 11) is 0. The predicted octanol–water partition coefficient (Wildman–Crippen LogP) is 11.9. The summed E-state index contributed by atoms with van der Waals surface area (Å²) in [6.45, 7) is 2.28. The summed E-state index contributed by atoms with van der Waals surface area (Å²) in [6, 6.07) is 20.2. The second-order valence-electron chi connectivity index (χ2n) is 11.7. The van der Waals surface area contributed by atoms with Gasteiger partial charge in [0.25, 0.3) is 0 Å². The Bertz CT molecular complexity index is 1100. The fraction of sp³-hybridized carbons (Fsp3) is 0.500. The number of benzene rings is 3. The maximum absolute atomic E-state index is 13.8. The number of aryl methyl sites for hydroxylation is 2. The monoisotopic (exact) mass is 550 g/mol. The SMILES string of the molecule is CCCCCCCCCCc1ccc([C@H]2CC[C@H](CCc3ccc(-c4cc(F)c(Cl)c(F)c4)cc3)CC2)cc1. The van der Waals surface area contributed by atoms with E-state index in [1.165, 1.54) is 119 Å². The highest BCUT2D eigenvalue weighted by Gasteiger charge is 2.22. The average molecular weight is 551 g/mol. The molecule has 3 aromatic rings. The Morgan fingerprint density at radius 1 is 0.641 bits per heavy atom. The Hall–Kier alpha value is -2.19. The van der Waals surface area contributed by atoms with Gasteiger partial charge in [-0.25, -0.2) is 8.78 Å². The number of hydrogen-bond acceptors (Lipinski definition) is 0. The van der Waals surface area contributed by atoms with Gasteiger partial charge in [-0.3, -0.25) is 0 Å². The normalized spacial score (nSPS) is 17.4. The lowest BCUT2D eigenvalue weighted by molar-refractivity contribution is 0.310. The Labute approximate surface area is 240 Å². The summed E-state index contributed by atoms with van der Waals surface area (Å²) in [4.78, 5) is 0. The second kappa shape index (κ2) is 15.6. The number of rotatable bonds is 14. The summed E-state index contributed by atoms with van der Waals surface area (Å²) in [5, 5.41) is -0.448. The van der Waals surface area contributed by atoms with Gasteiger partial charge in [0.05, 0.1) is 0 Å². The molecule has 0 radical (unpaired) electrons. The molecule has 39 heavy (non-hydrogen) atoms. The van der Waals surface area contributed by atoms with E-state index in [0.717, 1.165) is 17.9 Å². The average Bonchev–Trinajstić information content (AvgIpc) is 2.97.